The quantitative estimate of drug-likeness (QED) is 0.764. The second-order valence-corrected chi connectivity index (χ2v) is 5.11. The molecule has 19 heavy (non-hydrogen) atoms. The normalized spacial score (nSPS) is 22.2. The highest BCUT2D eigenvalue weighted by Crippen LogP contribution is 2.15. The van der Waals surface area contributed by atoms with Crippen LogP contribution < -0.4 is 0 Å². The summed E-state index contributed by atoms with van der Waals surface area (Å²) in [6, 6.07) is 3.02. The number of hydrogen-bond acceptors (Lipinski definition) is 3. The molecule has 1 aliphatic heterocycles. The lowest BCUT2D eigenvalue weighted by atomic mass is 10.0. The molecule has 0 spiro atoms. The molecule has 1 aromatic carbocycles. The Morgan fingerprint density at radius 1 is 1.21 bits per heavy atom. The molecule has 5 heteroatoms. The number of hydrogen-bond donors (Lipinski definition) is 0. The number of carbonyl (C=O) groups excluding carboxylic acids is 1. The molecule has 0 bridgehead atoms. The molecule has 1 aromatic rings. The van der Waals surface area contributed by atoms with Crippen molar-refractivity contribution in [2.24, 2.45) is 0 Å². The Balaban J connectivity index is 2.23. The largest absolute Gasteiger partial charge is 0.304 e. The SMILES string of the molecule is CN1CCCN(C)C(C(=O)c2ccc(F)c(F)c2)C1. The minimum Gasteiger partial charge on any atom is -0.304 e. The number of ketones is 1. The molecular formula is C14H18F2N2O. The van der Waals surface area contributed by atoms with E-state index in [4.69, 9.17) is 0 Å². The van der Waals surface area contributed by atoms with Crippen LogP contribution in [0.1, 0.15) is 16.8 Å². The highest BCUT2D eigenvalue weighted by molar-refractivity contribution is 6.00. The van der Waals surface area contributed by atoms with Gasteiger partial charge in [-0.1, -0.05) is 0 Å². The van der Waals surface area contributed by atoms with Crippen LogP contribution in [0.25, 0.3) is 0 Å². The van der Waals surface area contributed by atoms with Gasteiger partial charge in [-0.05, 0) is 51.8 Å². The van der Waals surface area contributed by atoms with E-state index < -0.39 is 11.6 Å². The van der Waals surface area contributed by atoms with Crippen LogP contribution in [0.15, 0.2) is 18.2 Å². The Hall–Kier alpha value is -1.33. The minimum atomic E-state index is -0.976. The fourth-order valence-electron chi connectivity index (χ4n) is 2.40. The predicted molar refractivity (Wildman–Crippen MR) is 69.2 cm³/mol. The third-order valence-corrected chi connectivity index (χ3v) is 3.57. The summed E-state index contributed by atoms with van der Waals surface area (Å²) in [5.74, 6) is -2.06. The summed E-state index contributed by atoms with van der Waals surface area (Å²) < 4.78 is 26.1. The number of benzene rings is 1. The summed E-state index contributed by atoms with van der Waals surface area (Å²) in [6.07, 6.45) is 0.995. The number of Topliss-reactive ketones (excluding diaryl/α,β-unsaturated/α-hetero) is 1. The number of halogens is 2. The molecule has 1 atom stereocenters. The zero-order chi connectivity index (χ0) is 14.0. The molecule has 3 nitrogen and oxygen atoms in total. The molecule has 2 rings (SSSR count). The van der Waals surface area contributed by atoms with E-state index in [9.17, 15) is 13.6 Å². The van der Waals surface area contributed by atoms with Crippen molar-refractivity contribution in [3.05, 3.63) is 35.4 Å². The topological polar surface area (TPSA) is 23.6 Å². The molecule has 0 aromatic heterocycles. The van der Waals surface area contributed by atoms with Crippen LogP contribution in [0.5, 0.6) is 0 Å². The van der Waals surface area contributed by atoms with Crippen LogP contribution in [0, 0.1) is 11.6 Å². The summed E-state index contributed by atoms with van der Waals surface area (Å²) >= 11 is 0. The Labute approximate surface area is 111 Å². The Morgan fingerprint density at radius 3 is 2.63 bits per heavy atom. The van der Waals surface area contributed by atoms with Crippen LogP contribution in [0.3, 0.4) is 0 Å². The second kappa shape index (κ2) is 5.75. The van der Waals surface area contributed by atoms with Crippen molar-refractivity contribution in [2.45, 2.75) is 12.5 Å². The average molecular weight is 268 g/mol. The van der Waals surface area contributed by atoms with Gasteiger partial charge in [-0.2, -0.15) is 0 Å². The van der Waals surface area contributed by atoms with Gasteiger partial charge >= 0.3 is 0 Å². The molecule has 0 saturated carbocycles. The first kappa shape index (κ1) is 14.1. The highest BCUT2D eigenvalue weighted by Gasteiger charge is 2.28. The molecule has 1 saturated heterocycles. The number of likely N-dealkylation sites (N-methyl/N-ethyl adjacent to an activating group) is 2. The first-order valence-corrected chi connectivity index (χ1v) is 6.37. The van der Waals surface area contributed by atoms with E-state index in [1.54, 1.807) is 0 Å². The Kier molecular flexibility index (Phi) is 4.27. The third kappa shape index (κ3) is 3.16. The number of carbonyl (C=O) groups is 1. The average Bonchev–Trinajstić information content (AvgIpc) is 2.54. The van der Waals surface area contributed by atoms with Gasteiger partial charge in [0.25, 0.3) is 0 Å². The summed E-state index contributed by atoms with van der Waals surface area (Å²) in [4.78, 5) is 16.5. The van der Waals surface area contributed by atoms with E-state index >= 15 is 0 Å². The lowest BCUT2D eigenvalue weighted by Crippen LogP contribution is -2.43. The van der Waals surface area contributed by atoms with Crippen molar-refractivity contribution in [3.8, 4) is 0 Å². The maximum Gasteiger partial charge on any atom is 0.181 e. The van der Waals surface area contributed by atoms with Gasteiger partial charge < -0.3 is 4.90 Å². The van der Waals surface area contributed by atoms with E-state index in [1.807, 2.05) is 19.0 Å². The van der Waals surface area contributed by atoms with Crippen molar-refractivity contribution < 1.29 is 13.6 Å². The van der Waals surface area contributed by atoms with E-state index in [0.717, 1.165) is 31.6 Å². The fraction of sp³-hybridized carbons (Fsp3) is 0.500. The van der Waals surface area contributed by atoms with Crippen LogP contribution in [-0.4, -0.2) is 55.4 Å². The number of rotatable bonds is 2. The smallest absolute Gasteiger partial charge is 0.181 e. The maximum absolute atomic E-state index is 13.2. The molecule has 0 amide bonds. The zero-order valence-corrected chi connectivity index (χ0v) is 11.2. The highest BCUT2D eigenvalue weighted by atomic mass is 19.2. The van der Waals surface area contributed by atoms with Gasteiger partial charge in [0, 0.05) is 12.1 Å². The molecule has 0 aliphatic carbocycles. The summed E-state index contributed by atoms with van der Waals surface area (Å²) in [6.45, 7) is 2.37. The molecule has 1 unspecified atom stereocenters. The fourth-order valence-corrected chi connectivity index (χ4v) is 2.40. The van der Waals surface area contributed by atoms with Crippen molar-refractivity contribution in [3.63, 3.8) is 0 Å². The lowest BCUT2D eigenvalue weighted by molar-refractivity contribution is 0.0839. The first-order valence-electron chi connectivity index (χ1n) is 6.37. The van der Waals surface area contributed by atoms with E-state index in [-0.39, 0.29) is 17.4 Å². The van der Waals surface area contributed by atoms with Crippen LogP contribution in [-0.2, 0) is 0 Å². The summed E-state index contributed by atoms with van der Waals surface area (Å²) in [5, 5.41) is 0. The molecule has 1 fully saturated rings. The van der Waals surface area contributed by atoms with Gasteiger partial charge in [0.05, 0.1) is 6.04 Å². The van der Waals surface area contributed by atoms with Crippen LogP contribution >= 0.6 is 0 Å². The van der Waals surface area contributed by atoms with Crippen molar-refractivity contribution in [1.29, 1.82) is 0 Å². The van der Waals surface area contributed by atoms with Gasteiger partial charge in [0.15, 0.2) is 17.4 Å². The second-order valence-electron chi connectivity index (χ2n) is 5.11. The third-order valence-electron chi connectivity index (χ3n) is 3.57. The van der Waals surface area contributed by atoms with Crippen molar-refractivity contribution >= 4 is 5.78 Å². The van der Waals surface area contributed by atoms with E-state index in [2.05, 4.69) is 4.90 Å². The van der Waals surface area contributed by atoms with Gasteiger partial charge in [-0.25, -0.2) is 8.78 Å². The monoisotopic (exact) mass is 268 g/mol. The summed E-state index contributed by atoms with van der Waals surface area (Å²) in [5.41, 5.74) is 0.228. The Bertz CT molecular complexity index is 479. The van der Waals surface area contributed by atoms with Crippen molar-refractivity contribution in [2.75, 3.05) is 33.7 Å². The van der Waals surface area contributed by atoms with Gasteiger partial charge in [-0.15, -0.1) is 0 Å². The molecule has 0 N–H and O–H groups in total. The van der Waals surface area contributed by atoms with Gasteiger partial charge in [-0.3, -0.25) is 9.69 Å². The molecular weight excluding hydrogens is 250 g/mol. The van der Waals surface area contributed by atoms with E-state index in [1.165, 1.54) is 6.07 Å². The maximum atomic E-state index is 13.2. The lowest BCUT2D eigenvalue weighted by Gasteiger charge is -2.26. The minimum absolute atomic E-state index is 0.157. The molecule has 104 valence electrons. The predicted octanol–water partition coefficient (Wildman–Crippen LogP) is 1.78. The standard InChI is InChI=1S/C14H18F2N2O/c1-17-6-3-7-18(2)13(9-17)14(19)10-4-5-11(15)12(16)8-10/h4-5,8,13H,3,6-7,9H2,1-2H3. The van der Waals surface area contributed by atoms with Crippen LogP contribution in [0.2, 0.25) is 0 Å². The van der Waals surface area contributed by atoms with Gasteiger partial charge in [0.2, 0.25) is 0 Å². The molecule has 1 aliphatic rings. The first-order chi connectivity index (χ1) is 8.99. The van der Waals surface area contributed by atoms with Crippen molar-refractivity contribution in [1.82, 2.24) is 9.80 Å². The number of nitrogens with zero attached hydrogens (tertiary/aromatic N) is 2. The zero-order valence-electron chi connectivity index (χ0n) is 11.2. The van der Waals surface area contributed by atoms with Crippen LogP contribution in [0.4, 0.5) is 8.78 Å². The Morgan fingerprint density at radius 2 is 1.95 bits per heavy atom. The van der Waals surface area contributed by atoms with E-state index in [0.29, 0.717) is 6.54 Å². The molecule has 0 radical (unpaired) electrons. The summed E-state index contributed by atoms with van der Waals surface area (Å²) in [7, 11) is 3.85. The molecule has 1 heterocycles. The van der Waals surface area contributed by atoms with Gasteiger partial charge in [0.1, 0.15) is 0 Å².